The molecule has 8 heteroatoms. The van der Waals surface area contributed by atoms with Crippen molar-refractivity contribution in [2.24, 2.45) is 0 Å². The lowest BCUT2D eigenvalue weighted by Gasteiger charge is -2.16. The minimum Gasteiger partial charge on any atom is -0.494 e. The van der Waals surface area contributed by atoms with Crippen LogP contribution in [0.5, 0.6) is 23.1 Å². The minimum atomic E-state index is -0.696. The van der Waals surface area contributed by atoms with Gasteiger partial charge in [0.25, 0.3) is 5.56 Å². The highest BCUT2D eigenvalue weighted by Gasteiger charge is 2.26. The zero-order valence-electron chi connectivity index (χ0n) is 16.0. The first-order valence-electron chi connectivity index (χ1n) is 8.18. The fourth-order valence-corrected chi connectivity index (χ4v) is 2.88. The average molecular weight is 384 g/mol. The van der Waals surface area contributed by atoms with E-state index < -0.39 is 17.2 Å². The maximum atomic E-state index is 13.2. The molecule has 1 heterocycles. The molecule has 146 valence electrons. The number of hydrogen-bond donors (Lipinski definition) is 1. The number of allylic oxidation sites excluding steroid dienone is 1. The lowest BCUT2D eigenvalue weighted by Crippen LogP contribution is -2.26. The molecule has 0 saturated carbocycles. The van der Waals surface area contributed by atoms with Gasteiger partial charge in [-0.3, -0.25) is 14.2 Å². The SMILES string of the molecule is C=CCn1c(O)c(C(=O)c2cc(OC)c(OC)c(OC)c2)c(C)c(C#N)c1=O. The van der Waals surface area contributed by atoms with Crippen molar-refractivity contribution in [2.45, 2.75) is 13.5 Å². The molecule has 0 amide bonds. The number of ketones is 1. The van der Waals surface area contributed by atoms with Gasteiger partial charge in [0.2, 0.25) is 11.6 Å². The van der Waals surface area contributed by atoms with Crippen molar-refractivity contribution < 1.29 is 24.1 Å². The van der Waals surface area contributed by atoms with Gasteiger partial charge in [-0.15, -0.1) is 6.58 Å². The summed E-state index contributed by atoms with van der Waals surface area (Å²) >= 11 is 0. The number of carbonyl (C=O) groups excluding carboxylic acids is 1. The van der Waals surface area contributed by atoms with Crippen LogP contribution < -0.4 is 19.8 Å². The van der Waals surface area contributed by atoms with E-state index in [1.54, 1.807) is 6.07 Å². The summed E-state index contributed by atoms with van der Waals surface area (Å²) < 4.78 is 16.7. The Morgan fingerprint density at radius 1 is 1.25 bits per heavy atom. The molecule has 0 fully saturated rings. The van der Waals surface area contributed by atoms with E-state index in [1.165, 1.54) is 46.5 Å². The van der Waals surface area contributed by atoms with Gasteiger partial charge in [0.05, 0.1) is 26.9 Å². The molecular weight excluding hydrogens is 364 g/mol. The summed E-state index contributed by atoms with van der Waals surface area (Å²) in [5.41, 5.74) is -0.869. The highest BCUT2D eigenvalue weighted by atomic mass is 16.5. The zero-order valence-corrected chi connectivity index (χ0v) is 16.0. The molecule has 0 aliphatic carbocycles. The van der Waals surface area contributed by atoms with E-state index >= 15 is 0 Å². The van der Waals surface area contributed by atoms with Crippen LogP contribution in [-0.4, -0.2) is 36.8 Å². The standard InChI is InChI=1S/C20H20N2O6/c1-6-7-22-19(24)13(10-21)11(2)16(20(22)25)17(23)12-8-14(26-3)18(28-5)15(9-12)27-4/h6,8-9,25H,1,7H2,2-5H3. The molecule has 0 bridgehead atoms. The van der Waals surface area contributed by atoms with E-state index in [0.29, 0.717) is 5.75 Å². The molecular formula is C20H20N2O6. The lowest BCUT2D eigenvalue weighted by atomic mass is 9.96. The van der Waals surface area contributed by atoms with Crippen LogP contribution in [0.4, 0.5) is 0 Å². The summed E-state index contributed by atoms with van der Waals surface area (Å²) in [4.78, 5) is 25.6. The number of nitrogens with zero attached hydrogens (tertiary/aromatic N) is 2. The number of benzene rings is 1. The van der Waals surface area contributed by atoms with E-state index in [2.05, 4.69) is 6.58 Å². The van der Waals surface area contributed by atoms with E-state index in [0.717, 1.165) is 4.57 Å². The number of carbonyl (C=O) groups is 1. The van der Waals surface area contributed by atoms with Gasteiger partial charge in [-0.05, 0) is 24.6 Å². The topological polar surface area (TPSA) is 111 Å². The van der Waals surface area contributed by atoms with Crippen LogP contribution in [0.3, 0.4) is 0 Å². The molecule has 0 aliphatic heterocycles. The molecule has 2 rings (SSSR count). The molecule has 1 aromatic carbocycles. The van der Waals surface area contributed by atoms with Crippen LogP contribution in [-0.2, 0) is 6.54 Å². The van der Waals surface area contributed by atoms with Gasteiger partial charge >= 0.3 is 0 Å². The van der Waals surface area contributed by atoms with E-state index in [-0.39, 0.29) is 40.3 Å². The highest BCUT2D eigenvalue weighted by molar-refractivity contribution is 6.12. The molecule has 0 saturated heterocycles. The first kappa shape index (κ1) is 20.6. The summed E-state index contributed by atoms with van der Waals surface area (Å²) in [6.07, 6.45) is 1.38. The zero-order chi connectivity index (χ0) is 21.0. The molecule has 8 nitrogen and oxygen atoms in total. The summed E-state index contributed by atoms with van der Waals surface area (Å²) in [6.45, 7) is 4.90. The van der Waals surface area contributed by atoms with Crippen LogP contribution in [0.1, 0.15) is 27.0 Å². The second kappa shape index (κ2) is 8.31. The number of aromatic nitrogens is 1. The molecule has 2 aromatic rings. The Hall–Kier alpha value is -3.73. The predicted octanol–water partition coefficient (Wildman–Crippen LogP) is 2.18. The number of rotatable bonds is 7. The van der Waals surface area contributed by atoms with Crippen molar-refractivity contribution in [1.82, 2.24) is 4.57 Å². The van der Waals surface area contributed by atoms with Crippen LogP contribution >= 0.6 is 0 Å². The summed E-state index contributed by atoms with van der Waals surface area (Å²) in [5, 5.41) is 19.9. The number of methoxy groups -OCH3 is 3. The third kappa shape index (κ3) is 3.30. The Balaban J connectivity index is 2.81. The Labute approximate surface area is 161 Å². The lowest BCUT2D eigenvalue weighted by molar-refractivity contribution is 0.103. The predicted molar refractivity (Wildman–Crippen MR) is 102 cm³/mol. The maximum absolute atomic E-state index is 13.2. The molecule has 0 spiro atoms. The number of aromatic hydroxyl groups is 1. The summed E-state index contributed by atoms with van der Waals surface area (Å²) in [5.74, 6) is -0.343. The maximum Gasteiger partial charge on any atom is 0.271 e. The monoisotopic (exact) mass is 384 g/mol. The third-order valence-corrected chi connectivity index (χ3v) is 4.27. The van der Waals surface area contributed by atoms with Gasteiger partial charge in [0, 0.05) is 12.1 Å². The molecule has 0 aliphatic rings. The number of pyridine rings is 1. The van der Waals surface area contributed by atoms with Crippen molar-refractivity contribution in [1.29, 1.82) is 5.26 Å². The van der Waals surface area contributed by atoms with Gasteiger partial charge in [-0.2, -0.15) is 5.26 Å². The van der Waals surface area contributed by atoms with Gasteiger partial charge < -0.3 is 19.3 Å². The largest absolute Gasteiger partial charge is 0.494 e. The van der Waals surface area contributed by atoms with Crippen LogP contribution in [0, 0.1) is 18.3 Å². The Morgan fingerprint density at radius 3 is 2.25 bits per heavy atom. The van der Waals surface area contributed by atoms with Gasteiger partial charge in [0.1, 0.15) is 11.6 Å². The Kier molecular flexibility index (Phi) is 6.11. The molecule has 1 N–H and O–H groups in total. The third-order valence-electron chi connectivity index (χ3n) is 4.27. The smallest absolute Gasteiger partial charge is 0.271 e. The quantitative estimate of drug-likeness (QED) is 0.575. The second-order valence-electron chi connectivity index (χ2n) is 5.76. The van der Waals surface area contributed by atoms with Crippen molar-refractivity contribution in [3.63, 3.8) is 0 Å². The normalized spacial score (nSPS) is 10.1. The first-order valence-corrected chi connectivity index (χ1v) is 8.18. The van der Waals surface area contributed by atoms with Crippen LogP contribution in [0.2, 0.25) is 0 Å². The number of nitriles is 1. The Bertz CT molecular complexity index is 1020. The molecule has 0 unspecified atom stereocenters. The van der Waals surface area contributed by atoms with Crippen molar-refractivity contribution in [3.05, 3.63) is 57.4 Å². The van der Waals surface area contributed by atoms with Gasteiger partial charge in [0.15, 0.2) is 17.3 Å². The number of hydrogen-bond acceptors (Lipinski definition) is 7. The fourth-order valence-electron chi connectivity index (χ4n) is 2.88. The van der Waals surface area contributed by atoms with Crippen LogP contribution in [0.25, 0.3) is 0 Å². The Morgan fingerprint density at radius 2 is 1.82 bits per heavy atom. The van der Waals surface area contributed by atoms with E-state index in [9.17, 15) is 20.0 Å². The summed E-state index contributed by atoms with van der Waals surface area (Å²) in [6, 6.07) is 4.66. The minimum absolute atomic E-state index is 0.0604. The van der Waals surface area contributed by atoms with Crippen molar-refractivity contribution in [3.8, 4) is 29.2 Å². The highest BCUT2D eigenvalue weighted by Crippen LogP contribution is 2.39. The van der Waals surface area contributed by atoms with Gasteiger partial charge in [-0.1, -0.05) is 6.08 Å². The van der Waals surface area contributed by atoms with Gasteiger partial charge in [-0.25, -0.2) is 0 Å². The van der Waals surface area contributed by atoms with E-state index in [1.807, 2.05) is 0 Å². The number of ether oxygens (including phenoxy) is 3. The molecule has 0 atom stereocenters. The first-order chi connectivity index (χ1) is 13.4. The molecule has 1 aromatic heterocycles. The van der Waals surface area contributed by atoms with Crippen LogP contribution in [0.15, 0.2) is 29.6 Å². The second-order valence-corrected chi connectivity index (χ2v) is 5.76. The molecule has 0 radical (unpaired) electrons. The van der Waals surface area contributed by atoms with Crippen molar-refractivity contribution >= 4 is 5.78 Å². The fraction of sp³-hybridized carbons (Fsp3) is 0.250. The molecule has 28 heavy (non-hydrogen) atoms. The van der Waals surface area contributed by atoms with Crippen molar-refractivity contribution in [2.75, 3.05) is 21.3 Å². The summed E-state index contributed by atoms with van der Waals surface area (Å²) in [7, 11) is 4.25. The van der Waals surface area contributed by atoms with E-state index in [4.69, 9.17) is 14.2 Å². The average Bonchev–Trinajstić information content (AvgIpc) is 2.70.